The summed E-state index contributed by atoms with van der Waals surface area (Å²) in [6.07, 6.45) is 6.28. The Morgan fingerprint density at radius 2 is 1.76 bits per heavy atom. The lowest BCUT2D eigenvalue weighted by atomic mass is 9.84. The number of benzene rings is 3. The summed E-state index contributed by atoms with van der Waals surface area (Å²) in [6.45, 7) is 0.311. The van der Waals surface area contributed by atoms with Crippen LogP contribution in [0.15, 0.2) is 66.7 Å². The van der Waals surface area contributed by atoms with Gasteiger partial charge in [0.2, 0.25) is 0 Å². The Kier molecular flexibility index (Phi) is 7.72. The summed E-state index contributed by atoms with van der Waals surface area (Å²) < 4.78 is 1.02. The SMILES string of the molecule is Bc1ccc2sc(NC(=O)N(Cc3ccc(C(=O)Nc4nn[nH]n4)cc3)c3ccc(C4CCCCC4)cc3)nc2c1. The topological polar surface area (TPSA) is 129 Å². The van der Waals surface area contributed by atoms with E-state index in [1.807, 2.05) is 50.3 Å². The number of aromatic amines is 1. The average molecular weight is 564 g/mol. The summed E-state index contributed by atoms with van der Waals surface area (Å²) >= 11 is 1.45. The predicted octanol–water partition coefficient (Wildman–Crippen LogP) is 4.61. The fraction of sp³-hybridized carbons (Fsp3) is 0.241. The monoisotopic (exact) mass is 564 g/mol. The Morgan fingerprint density at radius 3 is 2.49 bits per heavy atom. The Hall–Kier alpha value is -4.58. The highest BCUT2D eigenvalue weighted by molar-refractivity contribution is 7.22. The van der Waals surface area contributed by atoms with E-state index in [1.54, 1.807) is 17.0 Å². The molecule has 0 saturated heterocycles. The normalized spacial score (nSPS) is 13.7. The van der Waals surface area contributed by atoms with E-state index >= 15 is 0 Å². The summed E-state index contributed by atoms with van der Waals surface area (Å²) in [7, 11) is 2.02. The zero-order valence-electron chi connectivity index (χ0n) is 22.6. The van der Waals surface area contributed by atoms with E-state index < -0.39 is 0 Å². The molecule has 1 saturated carbocycles. The third-order valence-electron chi connectivity index (χ3n) is 7.41. The first-order valence-electron chi connectivity index (χ1n) is 13.7. The van der Waals surface area contributed by atoms with E-state index in [-0.39, 0.29) is 17.9 Å². The van der Waals surface area contributed by atoms with Gasteiger partial charge in [0.05, 0.1) is 16.8 Å². The maximum Gasteiger partial charge on any atom is 0.328 e. The van der Waals surface area contributed by atoms with Crippen LogP contribution in [0.4, 0.5) is 21.6 Å². The van der Waals surface area contributed by atoms with Gasteiger partial charge in [0.25, 0.3) is 11.9 Å². The molecule has 12 heteroatoms. The first-order valence-corrected chi connectivity index (χ1v) is 14.5. The lowest BCUT2D eigenvalue weighted by Crippen LogP contribution is -2.34. The number of anilines is 3. The van der Waals surface area contributed by atoms with Gasteiger partial charge in [0.15, 0.2) is 5.13 Å². The number of thiazole rings is 1. The molecular weight excluding hydrogens is 535 g/mol. The highest BCUT2D eigenvalue weighted by Gasteiger charge is 2.21. The van der Waals surface area contributed by atoms with Crippen LogP contribution in [0.1, 0.15) is 59.5 Å². The van der Waals surface area contributed by atoms with Crippen molar-refractivity contribution in [3.05, 3.63) is 83.4 Å². The molecule has 0 unspecified atom stereocenters. The van der Waals surface area contributed by atoms with Gasteiger partial charge in [-0.2, -0.15) is 5.21 Å². The van der Waals surface area contributed by atoms with E-state index in [0.717, 1.165) is 26.9 Å². The van der Waals surface area contributed by atoms with Crippen molar-refractivity contribution < 1.29 is 9.59 Å². The lowest BCUT2D eigenvalue weighted by Gasteiger charge is -2.25. The summed E-state index contributed by atoms with van der Waals surface area (Å²) in [5, 5.41) is 19.4. The van der Waals surface area contributed by atoms with Gasteiger partial charge in [-0.15, -0.1) is 5.10 Å². The third-order valence-corrected chi connectivity index (χ3v) is 8.36. The molecule has 2 aromatic heterocycles. The molecule has 6 rings (SSSR count). The molecule has 0 aliphatic heterocycles. The Balaban J connectivity index is 1.23. The van der Waals surface area contributed by atoms with Crippen molar-refractivity contribution in [2.24, 2.45) is 0 Å². The summed E-state index contributed by atoms with van der Waals surface area (Å²) in [6, 6.07) is 21.3. The number of aromatic nitrogens is 5. The quantitative estimate of drug-likeness (QED) is 0.248. The molecule has 2 heterocycles. The van der Waals surface area contributed by atoms with Gasteiger partial charge in [0, 0.05) is 11.3 Å². The molecule has 1 aliphatic carbocycles. The maximum absolute atomic E-state index is 13.7. The molecule has 3 N–H and O–H groups in total. The van der Waals surface area contributed by atoms with Crippen LogP contribution in [-0.4, -0.2) is 45.4 Å². The molecule has 0 radical (unpaired) electrons. The number of amides is 3. The van der Waals surface area contributed by atoms with Crippen LogP contribution in [0.3, 0.4) is 0 Å². The van der Waals surface area contributed by atoms with E-state index in [9.17, 15) is 9.59 Å². The second kappa shape index (κ2) is 11.9. The zero-order valence-corrected chi connectivity index (χ0v) is 23.4. The van der Waals surface area contributed by atoms with Gasteiger partial charge in [0.1, 0.15) is 7.85 Å². The first kappa shape index (κ1) is 26.6. The predicted molar refractivity (Wildman–Crippen MR) is 164 cm³/mol. The average Bonchev–Trinajstić information content (AvgIpc) is 3.66. The molecule has 41 heavy (non-hydrogen) atoms. The number of hydrogen-bond donors (Lipinski definition) is 3. The van der Waals surface area contributed by atoms with Crippen LogP contribution in [0.5, 0.6) is 0 Å². The number of urea groups is 1. The minimum absolute atomic E-state index is 0.101. The molecule has 3 amide bonds. The second-order valence-corrected chi connectivity index (χ2v) is 11.4. The number of nitrogens with zero attached hydrogens (tertiary/aromatic N) is 5. The Bertz CT molecular complexity index is 1650. The number of fused-ring (bicyclic) bond motifs is 1. The van der Waals surface area contributed by atoms with Crippen molar-refractivity contribution in [2.75, 3.05) is 15.5 Å². The van der Waals surface area contributed by atoms with Crippen LogP contribution in [0, 0.1) is 0 Å². The van der Waals surface area contributed by atoms with E-state index in [2.05, 4.69) is 48.4 Å². The molecule has 1 aliphatic rings. The summed E-state index contributed by atoms with van der Waals surface area (Å²) in [4.78, 5) is 32.6. The van der Waals surface area contributed by atoms with Crippen LogP contribution >= 0.6 is 11.3 Å². The molecule has 0 spiro atoms. The van der Waals surface area contributed by atoms with Crippen LogP contribution in [0.25, 0.3) is 10.2 Å². The van der Waals surface area contributed by atoms with Crippen molar-refractivity contribution in [3.8, 4) is 0 Å². The van der Waals surface area contributed by atoms with Gasteiger partial charge in [-0.05, 0) is 71.5 Å². The van der Waals surface area contributed by atoms with Crippen molar-refractivity contribution in [1.82, 2.24) is 25.6 Å². The third kappa shape index (κ3) is 6.27. The molecule has 1 fully saturated rings. The van der Waals surface area contributed by atoms with Gasteiger partial charge in [-0.25, -0.2) is 9.78 Å². The lowest BCUT2D eigenvalue weighted by molar-refractivity contribution is 0.102. The maximum atomic E-state index is 13.7. The highest BCUT2D eigenvalue weighted by atomic mass is 32.1. The molecule has 3 aromatic carbocycles. The molecule has 0 atom stereocenters. The summed E-state index contributed by atoms with van der Waals surface area (Å²) in [5.41, 5.74) is 5.41. The van der Waals surface area contributed by atoms with E-state index in [4.69, 9.17) is 0 Å². The molecular formula is C29H29BN8O2S. The van der Waals surface area contributed by atoms with Crippen molar-refractivity contribution in [2.45, 2.75) is 44.6 Å². The molecule has 206 valence electrons. The zero-order chi connectivity index (χ0) is 28.2. The van der Waals surface area contributed by atoms with Gasteiger partial charge >= 0.3 is 6.03 Å². The molecule has 0 bridgehead atoms. The largest absolute Gasteiger partial charge is 0.328 e. The number of H-pyrrole nitrogens is 1. The minimum Gasteiger partial charge on any atom is -0.290 e. The number of carbonyl (C=O) groups excluding carboxylic acids is 2. The van der Waals surface area contributed by atoms with Crippen molar-refractivity contribution in [1.29, 1.82) is 0 Å². The number of hydrogen-bond acceptors (Lipinski definition) is 7. The van der Waals surface area contributed by atoms with Gasteiger partial charge in [-0.1, -0.05) is 71.5 Å². The fourth-order valence-corrected chi connectivity index (χ4v) is 6.06. The second-order valence-electron chi connectivity index (χ2n) is 10.3. The van der Waals surface area contributed by atoms with Crippen LogP contribution in [-0.2, 0) is 6.54 Å². The molecule has 10 nitrogen and oxygen atoms in total. The van der Waals surface area contributed by atoms with Gasteiger partial charge < -0.3 is 0 Å². The number of nitrogens with one attached hydrogen (secondary N) is 3. The highest BCUT2D eigenvalue weighted by Crippen LogP contribution is 2.34. The van der Waals surface area contributed by atoms with E-state index in [0.29, 0.717) is 23.2 Å². The minimum atomic E-state index is -0.350. The van der Waals surface area contributed by atoms with Crippen molar-refractivity contribution >= 4 is 63.6 Å². The number of rotatable bonds is 7. The van der Waals surface area contributed by atoms with Crippen LogP contribution in [0.2, 0.25) is 0 Å². The van der Waals surface area contributed by atoms with Crippen LogP contribution < -0.4 is 21.0 Å². The van der Waals surface area contributed by atoms with E-state index in [1.165, 1.54) is 49.0 Å². The Morgan fingerprint density at radius 1 is 0.976 bits per heavy atom. The smallest absolute Gasteiger partial charge is 0.290 e. The standard InChI is InChI=1S/C29H29BN8O2S/c30-22-12-15-25-24(16-22)31-28(41-25)33-29(40)38(23-13-10-20(11-14-23)19-4-2-1-3-5-19)17-18-6-8-21(9-7-18)26(39)32-27-34-36-37-35-27/h6-16,19H,1-5,17,30H2,(H,31,33,40)(H2,32,34,35,36,37,39). The Labute approximate surface area is 242 Å². The fourth-order valence-electron chi connectivity index (χ4n) is 5.23. The summed E-state index contributed by atoms with van der Waals surface area (Å²) in [5.74, 6) is 0.331. The first-order chi connectivity index (χ1) is 20.0. The molecule has 5 aromatic rings. The van der Waals surface area contributed by atoms with Gasteiger partial charge in [-0.3, -0.25) is 20.3 Å². The number of tetrazole rings is 1. The number of carbonyl (C=O) groups is 2. The van der Waals surface area contributed by atoms with Crippen molar-refractivity contribution in [3.63, 3.8) is 0 Å².